The van der Waals surface area contributed by atoms with Crippen LogP contribution in [0.25, 0.3) is 0 Å². The molecule has 0 amide bonds. The maximum absolute atomic E-state index is 10.8. The van der Waals surface area contributed by atoms with Gasteiger partial charge in [-0.2, -0.15) is 0 Å². The monoisotopic (exact) mass is 278 g/mol. The Labute approximate surface area is 123 Å². The number of nitrogens with zero attached hydrogens (tertiary/aromatic N) is 1. The molecule has 0 saturated carbocycles. The predicted molar refractivity (Wildman–Crippen MR) is 85.6 cm³/mol. The van der Waals surface area contributed by atoms with E-state index in [1.54, 1.807) is 0 Å². The van der Waals surface area contributed by atoms with E-state index in [1.807, 2.05) is 37.3 Å². The van der Waals surface area contributed by atoms with Crippen molar-refractivity contribution in [2.24, 2.45) is 11.1 Å². The number of nitrogens with two attached hydrogens (primary N) is 1. The highest BCUT2D eigenvalue weighted by molar-refractivity contribution is 5.21. The number of benzene rings is 1. The lowest BCUT2D eigenvalue weighted by Gasteiger charge is -2.36. The summed E-state index contributed by atoms with van der Waals surface area (Å²) in [5.41, 5.74) is 6.04. The van der Waals surface area contributed by atoms with Gasteiger partial charge in [0.05, 0.1) is 5.60 Å². The first-order chi connectivity index (χ1) is 9.30. The van der Waals surface area contributed by atoms with Gasteiger partial charge in [0.25, 0.3) is 0 Å². The van der Waals surface area contributed by atoms with E-state index < -0.39 is 5.60 Å². The number of hydrogen-bond acceptors (Lipinski definition) is 3. The SMILES string of the molecule is CCCN(CC(C)(C)CN)CC(C)(O)c1ccccc1. The third-order valence-electron chi connectivity index (χ3n) is 3.67. The maximum atomic E-state index is 10.8. The van der Waals surface area contributed by atoms with Crippen molar-refractivity contribution in [1.29, 1.82) is 0 Å². The summed E-state index contributed by atoms with van der Waals surface area (Å²) in [6, 6.07) is 9.88. The molecule has 1 atom stereocenters. The van der Waals surface area contributed by atoms with E-state index in [4.69, 9.17) is 5.73 Å². The van der Waals surface area contributed by atoms with E-state index in [0.29, 0.717) is 13.1 Å². The second-order valence-corrected chi connectivity index (χ2v) is 6.72. The molecule has 0 heterocycles. The quantitative estimate of drug-likeness (QED) is 0.768. The molecule has 0 aliphatic heterocycles. The first kappa shape index (κ1) is 17.2. The minimum Gasteiger partial charge on any atom is -0.384 e. The van der Waals surface area contributed by atoms with Crippen molar-refractivity contribution < 1.29 is 5.11 Å². The molecule has 1 unspecified atom stereocenters. The van der Waals surface area contributed by atoms with Crippen LogP contribution in [-0.4, -0.2) is 36.2 Å². The van der Waals surface area contributed by atoms with Gasteiger partial charge in [-0.1, -0.05) is 51.1 Å². The van der Waals surface area contributed by atoms with E-state index in [1.165, 1.54) is 0 Å². The van der Waals surface area contributed by atoms with Gasteiger partial charge < -0.3 is 10.8 Å². The van der Waals surface area contributed by atoms with E-state index in [2.05, 4.69) is 25.7 Å². The van der Waals surface area contributed by atoms with E-state index in [0.717, 1.165) is 25.1 Å². The highest BCUT2D eigenvalue weighted by Gasteiger charge is 2.28. The molecule has 0 aliphatic carbocycles. The van der Waals surface area contributed by atoms with Crippen LogP contribution in [-0.2, 0) is 5.60 Å². The molecular formula is C17H30N2O. The first-order valence-electron chi connectivity index (χ1n) is 7.51. The molecule has 0 fully saturated rings. The summed E-state index contributed by atoms with van der Waals surface area (Å²) in [4.78, 5) is 2.32. The van der Waals surface area contributed by atoms with Crippen LogP contribution in [0.3, 0.4) is 0 Å². The van der Waals surface area contributed by atoms with Gasteiger partial charge in [-0.25, -0.2) is 0 Å². The molecule has 1 aromatic rings. The van der Waals surface area contributed by atoms with Crippen LogP contribution in [0.5, 0.6) is 0 Å². The summed E-state index contributed by atoms with van der Waals surface area (Å²) >= 11 is 0. The first-order valence-corrected chi connectivity index (χ1v) is 7.51. The van der Waals surface area contributed by atoms with Crippen molar-refractivity contribution in [3.05, 3.63) is 35.9 Å². The van der Waals surface area contributed by atoms with Gasteiger partial charge in [-0.05, 0) is 37.4 Å². The number of hydrogen-bond donors (Lipinski definition) is 2. The smallest absolute Gasteiger partial charge is 0.0994 e. The standard InChI is InChI=1S/C17H30N2O/c1-5-11-19(13-16(2,3)12-18)14-17(4,20)15-9-7-6-8-10-15/h6-10,20H,5,11-14,18H2,1-4H3. The van der Waals surface area contributed by atoms with Crippen LogP contribution in [0.4, 0.5) is 0 Å². The Morgan fingerprint density at radius 3 is 2.20 bits per heavy atom. The molecule has 0 aliphatic rings. The van der Waals surface area contributed by atoms with Crippen LogP contribution in [0.15, 0.2) is 30.3 Å². The molecule has 20 heavy (non-hydrogen) atoms. The molecule has 0 aromatic heterocycles. The molecular weight excluding hydrogens is 248 g/mol. The highest BCUT2D eigenvalue weighted by atomic mass is 16.3. The minimum absolute atomic E-state index is 0.0714. The van der Waals surface area contributed by atoms with Crippen molar-refractivity contribution in [1.82, 2.24) is 4.90 Å². The van der Waals surface area contributed by atoms with Crippen molar-refractivity contribution in [3.63, 3.8) is 0 Å². The fourth-order valence-electron chi connectivity index (χ4n) is 2.52. The Kier molecular flexibility index (Phi) is 6.18. The summed E-state index contributed by atoms with van der Waals surface area (Å²) in [5, 5.41) is 10.8. The van der Waals surface area contributed by atoms with E-state index in [-0.39, 0.29) is 5.41 Å². The summed E-state index contributed by atoms with van der Waals surface area (Å²) in [5.74, 6) is 0. The fourth-order valence-corrected chi connectivity index (χ4v) is 2.52. The zero-order valence-corrected chi connectivity index (χ0v) is 13.4. The van der Waals surface area contributed by atoms with Crippen LogP contribution >= 0.6 is 0 Å². The van der Waals surface area contributed by atoms with E-state index >= 15 is 0 Å². The van der Waals surface area contributed by atoms with Crippen molar-refractivity contribution in [2.45, 2.75) is 39.7 Å². The lowest BCUT2D eigenvalue weighted by atomic mass is 9.90. The zero-order valence-electron chi connectivity index (χ0n) is 13.4. The summed E-state index contributed by atoms with van der Waals surface area (Å²) in [6.45, 7) is 11.6. The fraction of sp³-hybridized carbons (Fsp3) is 0.647. The minimum atomic E-state index is -0.832. The molecule has 0 spiro atoms. The largest absolute Gasteiger partial charge is 0.384 e. The topological polar surface area (TPSA) is 49.5 Å². The summed E-state index contributed by atoms with van der Waals surface area (Å²) < 4.78 is 0. The molecule has 0 saturated heterocycles. The maximum Gasteiger partial charge on any atom is 0.0994 e. The van der Waals surface area contributed by atoms with Crippen molar-refractivity contribution in [2.75, 3.05) is 26.2 Å². The van der Waals surface area contributed by atoms with Crippen molar-refractivity contribution >= 4 is 0 Å². The zero-order chi connectivity index (χ0) is 15.2. The van der Waals surface area contributed by atoms with Crippen LogP contribution in [0.1, 0.15) is 39.7 Å². The van der Waals surface area contributed by atoms with Gasteiger partial charge in [-0.15, -0.1) is 0 Å². The molecule has 3 nitrogen and oxygen atoms in total. The van der Waals surface area contributed by atoms with Gasteiger partial charge in [-0.3, -0.25) is 4.90 Å². The van der Waals surface area contributed by atoms with Crippen LogP contribution in [0.2, 0.25) is 0 Å². The number of rotatable bonds is 8. The summed E-state index contributed by atoms with van der Waals surface area (Å²) in [7, 11) is 0. The number of aliphatic hydroxyl groups is 1. The lowest BCUT2D eigenvalue weighted by molar-refractivity contribution is 0.00605. The average molecular weight is 278 g/mol. The van der Waals surface area contributed by atoms with Crippen molar-refractivity contribution in [3.8, 4) is 0 Å². The Hall–Kier alpha value is -0.900. The second-order valence-electron chi connectivity index (χ2n) is 6.72. The Balaban J connectivity index is 2.79. The molecule has 0 bridgehead atoms. The lowest BCUT2D eigenvalue weighted by Crippen LogP contribution is -2.45. The van der Waals surface area contributed by atoms with E-state index in [9.17, 15) is 5.11 Å². The average Bonchev–Trinajstić information content (AvgIpc) is 2.39. The molecule has 3 heteroatoms. The van der Waals surface area contributed by atoms with Crippen LogP contribution in [0, 0.1) is 5.41 Å². The third kappa shape index (κ3) is 5.23. The predicted octanol–water partition coefficient (Wildman–Crippen LogP) is 2.59. The summed E-state index contributed by atoms with van der Waals surface area (Å²) in [6.07, 6.45) is 1.07. The highest BCUT2D eigenvalue weighted by Crippen LogP contribution is 2.24. The van der Waals surface area contributed by atoms with Gasteiger partial charge in [0.15, 0.2) is 0 Å². The Bertz CT molecular complexity index is 387. The molecule has 114 valence electrons. The molecule has 1 aromatic carbocycles. The van der Waals surface area contributed by atoms with Gasteiger partial charge in [0.2, 0.25) is 0 Å². The molecule has 3 N–H and O–H groups in total. The third-order valence-corrected chi connectivity index (χ3v) is 3.67. The Morgan fingerprint density at radius 2 is 1.70 bits per heavy atom. The van der Waals surface area contributed by atoms with Gasteiger partial charge in [0.1, 0.15) is 0 Å². The molecule has 0 radical (unpaired) electrons. The van der Waals surface area contributed by atoms with Gasteiger partial charge in [0, 0.05) is 13.1 Å². The van der Waals surface area contributed by atoms with Crippen LogP contribution < -0.4 is 5.73 Å². The normalized spacial score (nSPS) is 15.3. The second kappa shape index (κ2) is 7.21. The molecule has 1 rings (SSSR count). The Morgan fingerprint density at radius 1 is 1.10 bits per heavy atom. The van der Waals surface area contributed by atoms with Gasteiger partial charge >= 0.3 is 0 Å².